The average Bonchev–Trinajstić information content (AvgIpc) is 3.25. The summed E-state index contributed by atoms with van der Waals surface area (Å²) in [5.74, 6) is 0.846. The lowest BCUT2D eigenvalue weighted by Crippen LogP contribution is -2.46. The number of carbonyl (C=O) groups is 3. The van der Waals surface area contributed by atoms with E-state index in [1.807, 2.05) is 4.90 Å². The van der Waals surface area contributed by atoms with Gasteiger partial charge in [0.25, 0.3) is 11.8 Å². The molecule has 0 N–H and O–H groups in total. The number of hydrogen-bond donors (Lipinski definition) is 0. The fourth-order valence-electron chi connectivity index (χ4n) is 4.10. The van der Waals surface area contributed by atoms with Crippen LogP contribution in [0.5, 0.6) is 5.75 Å². The maximum Gasteiger partial charge on any atom is 0.265 e. The zero-order chi connectivity index (χ0) is 19.7. The molecular weight excluding hydrogens is 358 g/mol. The molecule has 0 unspecified atom stereocenters. The highest BCUT2D eigenvalue weighted by Gasteiger charge is 2.31. The van der Waals surface area contributed by atoms with Gasteiger partial charge in [0, 0.05) is 31.7 Å². The Kier molecular flexibility index (Phi) is 5.24. The number of nitrogens with zero attached hydrogens (tertiary/aromatic N) is 3. The molecule has 7 nitrogen and oxygen atoms in total. The highest BCUT2D eigenvalue weighted by atomic mass is 16.5. The van der Waals surface area contributed by atoms with Crippen LogP contribution in [-0.2, 0) is 9.59 Å². The molecule has 0 radical (unpaired) electrons. The molecule has 2 fully saturated rings. The molecule has 1 aromatic carbocycles. The Morgan fingerprint density at radius 3 is 2.50 bits per heavy atom. The number of anilines is 1. The first-order valence-corrected chi connectivity index (χ1v) is 10.2. The van der Waals surface area contributed by atoms with Gasteiger partial charge in [-0.25, -0.2) is 0 Å². The molecule has 0 spiro atoms. The standard InChI is InChI=1S/C21H27N3O4/c1-15-6-10-23(11-7-15)21(27)16-4-5-18-17(12-16)24(20(26)14-28-18)13-19(25)22-8-2-3-9-22/h4-5,12,15H,2-3,6-11,13-14H2,1H3. The lowest BCUT2D eigenvalue weighted by Gasteiger charge is -2.32. The Morgan fingerprint density at radius 2 is 1.79 bits per heavy atom. The van der Waals surface area contributed by atoms with E-state index in [0.29, 0.717) is 22.9 Å². The van der Waals surface area contributed by atoms with Crippen LogP contribution in [0.4, 0.5) is 5.69 Å². The van der Waals surface area contributed by atoms with Crippen LogP contribution in [0.3, 0.4) is 0 Å². The van der Waals surface area contributed by atoms with Gasteiger partial charge in [-0.3, -0.25) is 19.3 Å². The third kappa shape index (κ3) is 3.70. The molecule has 0 saturated carbocycles. The Bertz CT molecular complexity index is 780. The minimum Gasteiger partial charge on any atom is -0.482 e. The van der Waals surface area contributed by atoms with Gasteiger partial charge in [-0.1, -0.05) is 6.92 Å². The maximum atomic E-state index is 12.9. The molecule has 3 amide bonds. The van der Waals surface area contributed by atoms with Crippen molar-refractivity contribution in [2.75, 3.05) is 44.2 Å². The van der Waals surface area contributed by atoms with E-state index in [4.69, 9.17) is 4.74 Å². The number of hydrogen-bond acceptors (Lipinski definition) is 4. The second-order valence-corrected chi connectivity index (χ2v) is 8.01. The fraction of sp³-hybridized carbons (Fsp3) is 0.571. The highest BCUT2D eigenvalue weighted by molar-refractivity contribution is 6.04. The van der Waals surface area contributed by atoms with Gasteiger partial charge >= 0.3 is 0 Å². The molecule has 2 saturated heterocycles. The van der Waals surface area contributed by atoms with Gasteiger partial charge in [0.2, 0.25) is 5.91 Å². The molecule has 4 rings (SSSR count). The minimum absolute atomic E-state index is 0.00589. The third-order valence-electron chi connectivity index (χ3n) is 5.97. The highest BCUT2D eigenvalue weighted by Crippen LogP contribution is 2.33. The fourth-order valence-corrected chi connectivity index (χ4v) is 4.10. The summed E-state index contributed by atoms with van der Waals surface area (Å²) in [7, 11) is 0. The van der Waals surface area contributed by atoms with E-state index in [1.165, 1.54) is 4.90 Å². The first-order valence-electron chi connectivity index (χ1n) is 10.2. The number of rotatable bonds is 3. The van der Waals surface area contributed by atoms with E-state index in [0.717, 1.165) is 51.9 Å². The van der Waals surface area contributed by atoms with E-state index in [2.05, 4.69) is 6.92 Å². The summed E-state index contributed by atoms with van der Waals surface area (Å²) in [6, 6.07) is 5.17. The van der Waals surface area contributed by atoms with Gasteiger partial charge in [0.15, 0.2) is 6.61 Å². The van der Waals surface area contributed by atoms with Crippen LogP contribution in [0.25, 0.3) is 0 Å². The average molecular weight is 385 g/mol. The summed E-state index contributed by atoms with van der Waals surface area (Å²) < 4.78 is 5.53. The summed E-state index contributed by atoms with van der Waals surface area (Å²) in [5.41, 5.74) is 1.05. The van der Waals surface area contributed by atoms with Gasteiger partial charge in [0.05, 0.1) is 5.69 Å². The molecule has 1 aromatic rings. The van der Waals surface area contributed by atoms with Crippen molar-refractivity contribution in [3.63, 3.8) is 0 Å². The first kappa shape index (κ1) is 18.8. The van der Waals surface area contributed by atoms with Crippen LogP contribution in [0.15, 0.2) is 18.2 Å². The summed E-state index contributed by atoms with van der Waals surface area (Å²) in [4.78, 5) is 43.1. The molecule has 3 aliphatic heterocycles. The summed E-state index contributed by atoms with van der Waals surface area (Å²) in [6.45, 7) is 5.12. The van der Waals surface area contributed by atoms with E-state index in [1.54, 1.807) is 23.1 Å². The van der Waals surface area contributed by atoms with E-state index in [9.17, 15) is 14.4 Å². The number of amides is 3. The molecule has 150 valence electrons. The number of benzene rings is 1. The Hall–Kier alpha value is -2.57. The largest absolute Gasteiger partial charge is 0.482 e. The maximum absolute atomic E-state index is 12.9. The van der Waals surface area contributed by atoms with Crippen LogP contribution in [0.2, 0.25) is 0 Å². The van der Waals surface area contributed by atoms with Crippen molar-refractivity contribution >= 4 is 23.4 Å². The van der Waals surface area contributed by atoms with Crippen molar-refractivity contribution in [2.45, 2.75) is 32.6 Å². The molecule has 0 atom stereocenters. The quantitative estimate of drug-likeness (QED) is 0.797. The first-order chi connectivity index (χ1) is 13.5. The molecular formula is C21H27N3O4. The number of carbonyl (C=O) groups excluding carboxylic acids is 3. The summed E-state index contributed by atoms with van der Waals surface area (Å²) in [6.07, 6.45) is 4.03. The predicted octanol–water partition coefficient (Wildman–Crippen LogP) is 1.91. The Labute approximate surface area is 165 Å². The molecule has 0 aliphatic carbocycles. The number of piperidine rings is 1. The monoisotopic (exact) mass is 385 g/mol. The second kappa shape index (κ2) is 7.81. The predicted molar refractivity (Wildman–Crippen MR) is 104 cm³/mol. The van der Waals surface area contributed by atoms with Gasteiger partial charge < -0.3 is 14.5 Å². The van der Waals surface area contributed by atoms with Crippen molar-refractivity contribution in [3.05, 3.63) is 23.8 Å². The zero-order valence-electron chi connectivity index (χ0n) is 16.4. The van der Waals surface area contributed by atoms with Crippen LogP contribution in [0, 0.1) is 5.92 Å². The van der Waals surface area contributed by atoms with Gasteiger partial charge in [-0.2, -0.15) is 0 Å². The van der Waals surface area contributed by atoms with Gasteiger partial charge in [-0.05, 0) is 49.8 Å². The van der Waals surface area contributed by atoms with Crippen LogP contribution in [-0.4, -0.2) is 66.9 Å². The van der Waals surface area contributed by atoms with E-state index >= 15 is 0 Å². The summed E-state index contributed by atoms with van der Waals surface area (Å²) in [5, 5.41) is 0. The third-order valence-corrected chi connectivity index (χ3v) is 5.97. The van der Waals surface area contributed by atoms with Crippen LogP contribution < -0.4 is 9.64 Å². The molecule has 0 bridgehead atoms. The van der Waals surface area contributed by atoms with Crippen molar-refractivity contribution in [2.24, 2.45) is 5.92 Å². The van der Waals surface area contributed by atoms with Gasteiger partial charge in [-0.15, -0.1) is 0 Å². The van der Waals surface area contributed by atoms with Crippen molar-refractivity contribution in [1.82, 2.24) is 9.80 Å². The normalized spacial score (nSPS) is 20.2. The molecule has 0 aromatic heterocycles. The SMILES string of the molecule is CC1CCN(C(=O)c2ccc3c(c2)N(CC(=O)N2CCCC2)C(=O)CO3)CC1. The topological polar surface area (TPSA) is 70.2 Å². The summed E-state index contributed by atoms with van der Waals surface area (Å²) >= 11 is 0. The molecule has 7 heteroatoms. The smallest absolute Gasteiger partial charge is 0.265 e. The van der Waals surface area contributed by atoms with Crippen molar-refractivity contribution < 1.29 is 19.1 Å². The second-order valence-electron chi connectivity index (χ2n) is 8.01. The van der Waals surface area contributed by atoms with Crippen LogP contribution in [0.1, 0.15) is 43.0 Å². The lowest BCUT2D eigenvalue weighted by molar-refractivity contribution is -0.131. The minimum atomic E-state index is -0.253. The Morgan fingerprint density at radius 1 is 1.07 bits per heavy atom. The van der Waals surface area contributed by atoms with E-state index < -0.39 is 0 Å². The lowest BCUT2D eigenvalue weighted by atomic mass is 9.98. The molecule has 3 aliphatic rings. The molecule has 28 heavy (non-hydrogen) atoms. The van der Waals surface area contributed by atoms with Crippen molar-refractivity contribution in [1.29, 1.82) is 0 Å². The van der Waals surface area contributed by atoms with Crippen molar-refractivity contribution in [3.8, 4) is 5.75 Å². The number of fused-ring (bicyclic) bond motifs is 1. The molecule has 3 heterocycles. The van der Waals surface area contributed by atoms with Crippen LogP contribution >= 0.6 is 0 Å². The number of likely N-dealkylation sites (tertiary alicyclic amines) is 2. The van der Waals surface area contributed by atoms with E-state index in [-0.39, 0.29) is 30.9 Å². The Balaban J connectivity index is 1.55. The van der Waals surface area contributed by atoms with Gasteiger partial charge in [0.1, 0.15) is 12.3 Å². The number of ether oxygens (including phenoxy) is 1. The zero-order valence-corrected chi connectivity index (χ0v) is 16.4.